The van der Waals surface area contributed by atoms with Crippen molar-refractivity contribution in [1.29, 1.82) is 0 Å². The fourth-order valence-electron chi connectivity index (χ4n) is 8.56. The summed E-state index contributed by atoms with van der Waals surface area (Å²) in [6.45, 7) is 3.84. The van der Waals surface area contributed by atoms with Crippen molar-refractivity contribution >= 4 is 11.6 Å². The molecule has 0 aromatic rings. The zero-order chi connectivity index (χ0) is 25.1. The third kappa shape index (κ3) is 4.05. The first-order valence-corrected chi connectivity index (χ1v) is 13.3. The van der Waals surface area contributed by atoms with Crippen molar-refractivity contribution in [2.75, 3.05) is 13.2 Å². The average molecular weight is 493 g/mol. The van der Waals surface area contributed by atoms with Crippen LogP contribution in [0.2, 0.25) is 0 Å². The molecule has 4 fully saturated rings. The Morgan fingerprint density at radius 1 is 1.03 bits per heavy atom. The number of aliphatic hydroxyl groups excluding tert-OH is 4. The normalized spacial score (nSPS) is 49.6. The van der Waals surface area contributed by atoms with Gasteiger partial charge in [0.25, 0.3) is 0 Å². The molecule has 35 heavy (non-hydrogen) atoms. The summed E-state index contributed by atoms with van der Waals surface area (Å²) in [6, 6.07) is 0. The average Bonchev–Trinajstić information content (AvgIpc) is 3.20. The third-order valence-corrected chi connectivity index (χ3v) is 10.6. The SMILES string of the molecule is C[C@@]12CC[C@@H]3[C@H](CCC4=CC(=O)CC[C@]43C)[C@H]1CC[C@H]2C(=O)CO[C@H]1O[C@@H](CO)[C@H](O)[C@@H](O)[C@@H]1O. The van der Waals surface area contributed by atoms with Crippen LogP contribution in [-0.2, 0) is 19.1 Å². The number of carbonyl (C=O) groups excluding carboxylic acids is 2. The highest BCUT2D eigenvalue weighted by atomic mass is 16.7. The molecule has 1 saturated heterocycles. The van der Waals surface area contributed by atoms with Crippen LogP contribution in [0.4, 0.5) is 0 Å². The maximum absolute atomic E-state index is 13.4. The van der Waals surface area contributed by atoms with Gasteiger partial charge >= 0.3 is 0 Å². The van der Waals surface area contributed by atoms with Crippen molar-refractivity contribution in [3.05, 3.63) is 11.6 Å². The van der Waals surface area contributed by atoms with Crippen LogP contribution in [0.5, 0.6) is 0 Å². The highest BCUT2D eigenvalue weighted by molar-refractivity contribution is 5.91. The topological polar surface area (TPSA) is 134 Å². The number of fused-ring (bicyclic) bond motifs is 5. The lowest BCUT2D eigenvalue weighted by Crippen LogP contribution is -2.59. The number of ketones is 2. The van der Waals surface area contributed by atoms with E-state index in [1.54, 1.807) is 0 Å². The summed E-state index contributed by atoms with van der Waals surface area (Å²) in [7, 11) is 0. The second-order valence-electron chi connectivity index (χ2n) is 12.1. The molecular formula is C27H40O8. The number of allylic oxidation sites excluding steroid dienone is 1. The Morgan fingerprint density at radius 2 is 1.80 bits per heavy atom. The molecule has 0 amide bonds. The van der Waals surface area contributed by atoms with E-state index in [1.807, 2.05) is 6.08 Å². The lowest BCUT2D eigenvalue weighted by atomic mass is 9.46. The zero-order valence-corrected chi connectivity index (χ0v) is 20.8. The Balaban J connectivity index is 1.26. The fourth-order valence-corrected chi connectivity index (χ4v) is 8.56. The van der Waals surface area contributed by atoms with Crippen molar-refractivity contribution in [1.82, 2.24) is 0 Å². The first-order valence-electron chi connectivity index (χ1n) is 13.3. The number of hydrogen-bond acceptors (Lipinski definition) is 8. The molecule has 4 N–H and O–H groups in total. The van der Waals surface area contributed by atoms with Gasteiger partial charge < -0.3 is 29.9 Å². The molecule has 196 valence electrons. The van der Waals surface area contributed by atoms with E-state index in [9.17, 15) is 30.0 Å². The van der Waals surface area contributed by atoms with Crippen molar-refractivity contribution in [3.8, 4) is 0 Å². The van der Waals surface area contributed by atoms with Crippen LogP contribution in [0.15, 0.2) is 11.6 Å². The van der Waals surface area contributed by atoms with Crippen LogP contribution < -0.4 is 0 Å². The largest absolute Gasteiger partial charge is 0.394 e. The zero-order valence-electron chi connectivity index (χ0n) is 20.8. The number of ether oxygens (including phenoxy) is 2. The molecule has 4 aliphatic carbocycles. The third-order valence-electron chi connectivity index (χ3n) is 10.6. The maximum Gasteiger partial charge on any atom is 0.187 e. The van der Waals surface area contributed by atoms with Gasteiger partial charge in [0.2, 0.25) is 0 Å². The van der Waals surface area contributed by atoms with Crippen LogP contribution in [0.1, 0.15) is 65.2 Å². The van der Waals surface area contributed by atoms with Gasteiger partial charge in [-0.25, -0.2) is 0 Å². The van der Waals surface area contributed by atoms with E-state index < -0.39 is 37.3 Å². The molecular weight excluding hydrogens is 452 g/mol. The van der Waals surface area contributed by atoms with E-state index in [4.69, 9.17) is 9.47 Å². The molecule has 3 saturated carbocycles. The lowest BCUT2D eigenvalue weighted by molar-refractivity contribution is -0.299. The number of hydrogen-bond donors (Lipinski definition) is 4. The van der Waals surface area contributed by atoms with Crippen LogP contribution in [-0.4, -0.2) is 75.9 Å². The monoisotopic (exact) mass is 492 g/mol. The van der Waals surface area contributed by atoms with Gasteiger partial charge in [0, 0.05) is 12.3 Å². The van der Waals surface area contributed by atoms with E-state index in [2.05, 4.69) is 13.8 Å². The molecule has 0 radical (unpaired) electrons. The molecule has 5 rings (SSSR count). The summed E-state index contributed by atoms with van der Waals surface area (Å²) in [6.07, 6.45) is 2.63. The minimum Gasteiger partial charge on any atom is -0.394 e. The summed E-state index contributed by atoms with van der Waals surface area (Å²) in [5.41, 5.74) is 1.35. The summed E-state index contributed by atoms with van der Waals surface area (Å²) < 4.78 is 11.0. The summed E-state index contributed by atoms with van der Waals surface area (Å²) >= 11 is 0. The van der Waals surface area contributed by atoms with Gasteiger partial charge in [-0.2, -0.15) is 0 Å². The molecule has 0 bridgehead atoms. The fraction of sp³-hybridized carbons (Fsp3) is 0.852. The predicted octanol–water partition coefficient (Wildman–Crippen LogP) is 1.52. The molecule has 1 aliphatic heterocycles. The Bertz CT molecular complexity index is 884. The molecule has 1 heterocycles. The molecule has 8 nitrogen and oxygen atoms in total. The Labute approximate surface area is 206 Å². The number of Topliss-reactive ketones (excluding diaryl/α,β-unsaturated/α-hetero) is 1. The van der Waals surface area contributed by atoms with Gasteiger partial charge in [-0.3, -0.25) is 9.59 Å². The summed E-state index contributed by atoms with van der Waals surface area (Å²) in [5, 5.41) is 39.5. The molecule has 0 unspecified atom stereocenters. The highest BCUT2D eigenvalue weighted by Crippen LogP contribution is 2.66. The predicted molar refractivity (Wildman–Crippen MR) is 125 cm³/mol. The van der Waals surface area contributed by atoms with E-state index >= 15 is 0 Å². The first kappa shape index (κ1) is 25.5. The standard InChI is InChI=1S/C27H40O8/c1-26-9-7-15(29)11-14(26)3-4-16-17-5-6-19(27(17,2)10-8-18(16)26)20(30)13-34-25-24(33)23(32)22(31)21(12-28)35-25/h11,16-19,21-25,28,31-33H,3-10,12-13H2,1-2H3/t16-,17-,18-,19+,21+,22+,23-,24+,25+,26-,27-/m1/s1. The van der Waals surface area contributed by atoms with Gasteiger partial charge in [-0.15, -0.1) is 0 Å². The molecule has 0 aromatic heterocycles. The molecule has 0 aromatic carbocycles. The number of rotatable bonds is 5. The van der Waals surface area contributed by atoms with E-state index in [0.717, 1.165) is 44.9 Å². The molecule has 5 aliphatic rings. The minimum absolute atomic E-state index is 0.0173. The van der Waals surface area contributed by atoms with Gasteiger partial charge in [0.05, 0.1) is 6.61 Å². The van der Waals surface area contributed by atoms with Crippen LogP contribution >= 0.6 is 0 Å². The van der Waals surface area contributed by atoms with Crippen LogP contribution in [0.3, 0.4) is 0 Å². The Kier molecular flexibility index (Phi) is 6.77. The number of aliphatic hydroxyl groups is 4. The smallest absolute Gasteiger partial charge is 0.187 e. The van der Waals surface area contributed by atoms with Gasteiger partial charge in [0.15, 0.2) is 17.9 Å². The summed E-state index contributed by atoms with van der Waals surface area (Å²) in [5.74, 6) is 1.72. The second kappa shape index (κ2) is 9.30. The van der Waals surface area contributed by atoms with Gasteiger partial charge in [-0.1, -0.05) is 19.4 Å². The molecule has 0 spiro atoms. The maximum atomic E-state index is 13.4. The van der Waals surface area contributed by atoms with Gasteiger partial charge in [-0.05, 0) is 79.6 Å². The van der Waals surface area contributed by atoms with Crippen molar-refractivity contribution in [3.63, 3.8) is 0 Å². The molecule has 11 atom stereocenters. The molecule has 8 heteroatoms. The van der Waals surface area contributed by atoms with Crippen LogP contribution in [0, 0.1) is 34.5 Å². The highest BCUT2D eigenvalue weighted by Gasteiger charge is 2.60. The van der Waals surface area contributed by atoms with Crippen LogP contribution in [0.25, 0.3) is 0 Å². The first-order chi connectivity index (χ1) is 16.6. The number of carbonyl (C=O) groups is 2. The summed E-state index contributed by atoms with van der Waals surface area (Å²) in [4.78, 5) is 25.4. The van der Waals surface area contributed by atoms with Crippen molar-refractivity contribution in [2.24, 2.45) is 34.5 Å². The Hall–Kier alpha value is -1.16. The van der Waals surface area contributed by atoms with Gasteiger partial charge in [0.1, 0.15) is 31.0 Å². The van der Waals surface area contributed by atoms with Crippen molar-refractivity contribution in [2.45, 2.75) is 95.9 Å². The lowest BCUT2D eigenvalue weighted by Gasteiger charge is -2.58. The van der Waals surface area contributed by atoms with E-state index in [-0.39, 0.29) is 34.9 Å². The Morgan fingerprint density at radius 3 is 2.54 bits per heavy atom. The quantitative estimate of drug-likeness (QED) is 0.454. The minimum atomic E-state index is -1.52. The van der Waals surface area contributed by atoms with Crippen molar-refractivity contribution < 1.29 is 39.5 Å². The second-order valence-corrected chi connectivity index (χ2v) is 12.1. The van der Waals surface area contributed by atoms with E-state index in [0.29, 0.717) is 24.2 Å². The van der Waals surface area contributed by atoms with E-state index in [1.165, 1.54) is 5.57 Å².